The molecule has 3 atom stereocenters. The van der Waals surface area contributed by atoms with Crippen molar-refractivity contribution in [3.63, 3.8) is 0 Å². The molecule has 5 rings (SSSR count). The number of hydrogen-bond donors (Lipinski definition) is 4. The molecule has 0 aliphatic carbocycles. The topological polar surface area (TPSA) is 218 Å². The van der Waals surface area contributed by atoms with E-state index in [1.807, 2.05) is 0 Å². The molecule has 0 heterocycles. The maximum absolute atomic E-state index is 13.5. The molecular weight excluding hydrogens is 970 g/mol. The van der Waals surface area contributed by atoms with Crippen LogP contribution in [0.3, 0.4) is 0 Å². The molecule has 67 heavy (non-hydrogen) atoms. The average molecular weight is 1010 g/mol. The zero-order valence-corrected chi connectivity index (χ0v) is 40.0. The standard InChI is InChI=1S/C46H41Cl5N8O8/c1-23(49)29-20-28(52-45(64)41(24(2)60)58-56-37-18-26(12-15-32(37)50)43(62)53-34-8-6-10-39(66-4)30(34)21-47)14-17-36(29)55-46(65)42(25(3)61)59-57-38-19-27(13-16-33(38)51)44(63)54-35-9-7-11-40(67-5)31(35)22-48/h6-20,23,41-42H,21-22H2,1-5H3,(H,52,64)(H,53,62)(H,54,63)(H,55,65). The Morgan fingerprint density at radius 2 is 1.03 bits per heavy atom. The smallest absolute Gasteiger partial charge is 0.258 e. The average Bonchev–Trinajstić information content (AvgIpc) is 3.30. The van der Waals surface area contributed by atoms with Gasteiger partial charge in [0.25, 0.3) is 23.6 Å². The highest BCUT2D eigenvalue weighted by Gasteiger charge is 2.27. The first-order chi connectivity index (χ1) is 32.0. The van der Waals surface area contributed by atoms with E-state index in [0.717, 1.165) is 13.8 Å². The number of carbonyl (C=O) groups is 6. The maximum Gasteiger partial charge on any atom is 0.258 e. The van der Waals surface area contributed by atoms with Gasteiger partial charge in [-0.05, 0) is 105 Å². The zero-order valence-electron chi connectivity index (χ0n) is 36.3. The maximum atomic E-state index is 13.5. The van der Waals surface area contributed by atoms with E-state index in [1.165, 1.54) is 68.8 Å². The molecule has 16 nitrogen and oxygen atoms in total. The molecule has 348 valence electrons. The Morgan fingerprint density at radius 3 is 1.43 bits per heavy atom. The fraction of sp³-hybridized carbons (Fsp3) is 0.217. The molecule has 5 aromatic carbocycles. The first-order valence-electron chi connectivity index (χ1n) is 19.9. The molecule has 0 saturated heterocycles. The number of anilines is 4. The predicted molar refractivity (Wildman–Crippen MR) is 260 cm³/mol. The lowest BCUT2D eigenvalue weighted by atomic mass is 10.1. The van der Waals surface area contributed by atoms with Gasteiger partial charge in [0.2, 0.25) is 12.1 Å². The number of benzene rings is 5. The molecule has 5 aromatic rings. The minimum absolute atomic E-state index is 0.00107. The van der Waals surface area contributed by atoms with Crippen molar-refractivity contribution in [3.8, 4) is 11.5 Å². The molecule has 3 unspecified atom stereocenters. The van der Waals surface area contributed by atoms with Crippen LogP contribution < -0.4 is 30.7 Å². The third kappa shape index (κ3) is 13.1. The highest BCUT2D eigenvalue weighted by molar-refractivity contribution is 6.33. The molecule has 0 spiro atoms. The second-order valence-corrected chi connectivity index (χ2v) is 16.3. The van der Waals surface area contributed by atoms with Crippen LogP contribution in [0.25, 0.3) is 0 Å². The molecule has 0 aromatic heterocycles. The van der Waals surface area contributed by atoms with Crippen LogP contribution >= 0.6 is 58.0 Å². The molecule has 0 bridgehead atoms. The predicted octanol–water partition coefficient (Wildman–Crippen LogP) is 11.7. The van der Waals surface area contributed by atoms with Gasteiger partial charge in [-0.1, -0.05) is 35.3 Å². The Morgan fingerprint density at radius 1 is 0.582 bits per heavy atom. The van der Waals surface area contributed by atoms with E-state index in [2.05, 4.69) is 41.7 Å². The van der Waals surface area contributed by atoms with Crippen molar-refractivity contribution in [3.05, 3.63) is 129 Å². The van der Waals surface area contributed by atoms with Crippen molar-refractivity contribution in [1.29, 1.82) is 0 Å². The lowest BCUT2D eigenvalue weighted by Gasteiger charge is -2.17. The number of halogens is 5. The fourth-order valence-corrected chi connectivity index (χ4v) is 7.29. The zero-order chi connectivity index (χ0) is 48.9. The van der Waals surface area contributed by atoms with Crippen LogP contribution in [0, 0.1) is 0 Å². The first-order valence-corrected chi connectivity index (χ1v) is 22.1. The number of Topliss-reactive ketones (excluding diaryl/α,β-unsaturated/α-hetero) is 2. The summed E-state index contributed by atoms with van der Waals surface area (Å²) in [6, 6.07) is 19.6. The number of azo groups is 2. The molecule has 0 fully saturated rings. The van der Waals surface area contributed by atoms with E-state index in [4.69, 9.17) is 67.5 Å². The van der Waals surface area contributed by atoms with E-state index in [9.17, 15) is 28.8 Å². The lowest BCUT2D eigenvalue weighted by molar-refractivity contribution is -0.127. The molecule has 4 amide bonds. The van der Waals surface area contributed by atoms with Crippen molar-refractivity contribution in [2.24, 2.45) is 20.5 Å². The molecule has 4 N–H and O–H groups in total. The third-order valence-electron chi connectivity index (χ3n) is 9.72. The van der Waals surface area contributed by atoms with Crippen LogP contribution in [-0.4, -0.2) is 61.5 Å². The molecule has 0 aliphatic rings. The molecular formula is C46H41Cl5N8O8. The fourth-order valence-electron chi connectivity index (χ4n) is 6.25. The van der Waals surface area contributed by atoms with Gasteiger partial charge in [0, 0.05) is 45.0 Å². The minimum atomic E-state index is -1.66. The number of nitrogens with zero attached hydrogens (tertiary/aromatic N) is 4. The van der Waals surface area contributed by atoms with Gasteiger partial charge in [-0.25, -0.2) is 0 Å². The number of amides is 4. The van der Waals surface area contributed by atoms with Crippen LogP contribution in [0.2, 0.25) is 10.0 Å². The summed E-state index contributed by atoms with van der Waals surface area (Å²) in [4.78, 5) is 78.8. The summed E-state index contributed by atoms with van der Waals surface area (Å²) in [5.41, 5.74) is 2.94. The number of nitrogens with one attached hydrogen (secondary N) is 4. The van der Waals surface area contributed by atoms with E-state index in [0.29, 0.717) is 39.6 Å². The van der Waals surface area contributed by atoms with Crippen molar-refractivity contribution < 1.29 is 38.2 Å². The van der Waals surface area contributed by atoms with Gasteiger partial charge >= 0.3 is 0 Å². The Bertz CT molecular complexity index is 2790. The van der Waals surface area contributed by atoms with Crippen LogP contribution in [0.4, 0.5) is 34.1 Å². The summed E-state index contributed by atoms with van der Waals surface area (Å²) in [5, 5.41) is 26.3. The Kier molecular flexibility index (Phi) is 18.3. The summed E-state index contributed by atoms with van der Waals surface area (Å²) in [6.07, 6.45) is 0. The first kappa shape index (κ1) is 51.6. The van der Waals surface area contributed by atoms with Gasteiger partial charge in [-0.2, -0.15) is 20.5 Å². The van der Waals surface area contributed by atoms with E-state index in [1.54, 1.807) is 43.3 Å². The van der Waals surface area contributed by atoms with Gasteiger partial charge in [0.1, 0.15) is 22.9 Å². The highest BCUT2D eigenvalue weighted by Crippen LogP contribution is 2.34. The Hall–Kier alpha value is -6.43. The van der Waals surface area contributed by atoms with Crippen LogP contribution in [0.15, 0.2) is 111 Å². The number of ketones is 2. The number of methoxy groups -OCH3 is 2. The quantitative estimate of drug-likeness (QED) is 0.0353. The molecule has 0 aliphatic heterocycles. The van der Waals surface area contributed by atoms with Gasteiger partial charge in [-0.15, -0.1) is 34.8 Å². The largest absolute Gasteiger partial charge is 0.496 e. The van der Waals surface area contributed by atoms with E-state index in [-0.39, 0.29) is 55.7 Å². The van der Waals surface area contributed by atoms with Crippen molar-refractivity contribution in [2.75, 3.05) is 35.5 Å². The monoisotopic (exact) mass is 1010 g/mol. The summed E-state index contributed by atoms with van der Waals surface area (Å²) < 4.78 is 10.7. The molecule has 0 saturated carbocycles. The summed E-state index contributed by atoms with van der Waals surface area (Å²) in [6.45, 7) is 3.90. The number of rotatable bonds is 19. The minimum Gasteiger partial charge on any atom is -0.496 e. The number of hydrogen-bond acceptors (Lipinski definition) is 12. The summed E-state index contributed by atoms with van der Waals surface area (Å²) in [7, 11) is 2.97. The van der Waals surface area contributed by atoms with E-state index < -0.39 is 52.7 Å². The van der Waals surface area contributed by atoms with Crippen LogP contribution in [-0.2, 0) is 30.9 Å². The van der Waals surface area contributed by atoms with E-state index >= 15 is 0 Å². The Labute approximate surface area is 409 Å². The normalized spacial score (nSPS) is 12.5. The van der Waals surface area contributed by atoms with Gasteiger partial charge in [0.15, 0.2) is 11.6 Å². The number of alkyl halides is 3. The van der Waals surface area contributed by atoms with Crippen molar-refractivity contribution >= 4 is 127 Å². The number of carbonyl (C=O) groups excluding carboxylic acids is 6. The number of ether oxygens (including phenoxy) is 2. The molecule has 0 radical (unpaired) electrons. The summed E-state index contributed by atoms with van der Waals surface area (Å²) >= 11 is 31.4. The Balaban J connectivity index is 1.29. The SMILES string of the molecule is COc1cccc(NC(=O)c2ccc(Cl)c(N=NC(C(C)=O)C(=O)Nc3ccc(NC(=O)C(N=Nc4cc(C(=O)Nc5cccc(OC)c5CCl)ccc4Cl)C(C)=O)c(C(C)Cl)c3)c2)c1CCl. The van der Waals surface area contributed by atoms with Gasteiger partial charge < -0.3 is 30.7 Å². The van der Waals surface area contributed by atoms with Gasteiger partial charge in [-0.3, -0.25) is 28.8 Å². The summed E-state index contributed by atoms with van der Waals surface area (Å²) in [5.74, 6) is -3.01. The lowest BCUT2D eigenvalue weighted by Crippen LogP contribution is -2.32. The van der Waals surface area contributed by atoms with Crippen molar-refractivity contribution in [2.45, 2.75) is 50.0 Å². The second-order valence-electron chi connectivity index (χ2n) is 14.3. The molecule has 21 heteroatoms. The highest BCUT2D eigenvalue weighted by atomic mass is 35.5. The van der Waals surface area contributed by atoms with Gasteiger partial charge in [0.05, 0.1) is 41.4 Å². The second kappa shape index (κ2) is 23.8. The van der Waals surface area contributed by atoms with Crippen LogP contribution in [0.5, 0.6) is 11.5 Å². The van der Waals surface area contributed by atoms with Crippen LogP contribution in [0.1, 0.15) is 63.6 Å². The van der Waals surface area contributed by atoms with Crippen molar-refractivity contribution in [1.82, 2.24) is 0 Å². The third-order valence-corrected chi connectivity index (χ3v) is 11.1.